The molecule has 4 nitrogen and oxygen atoms in total. The van der Waals surface area contributed by atoms with Crippen molar-refractivity contribution in [3.63, 3.8) is 0 Å². The van der Waals surface area contributed by atoms with E-state index in [1.165, 1.54) is 0 Å². The summed E-state index contributed by atoms with van der Waals surface area (Å²) in [6.07, 6.45) is 4.11. The minimum Gasteiger partial charge on any atom is -0.338 e. The molecule has 88 valence electrons. The molecule has 0 aromatic rings. The molecule has 0 atom stereocenters. The zero-order valence-corrected chi connectivity index (χ0v) is 10.4. The molecule has 1 fully saturated rings. The molecule has 0 heterocycles. The first-order valence-electron chi connectivity index (χ1n) is 4.97. The van der Waals surface area contributed by atoms with Crippen LogP contribution in [-0.2, 0) is 14.6 Å². The largest absolute Gasteiger partial charge is 0.338 e. The van der Waals surface area contributed by atoms with Crippen LogP contribution in [0.4, 0.5) is 0 Å². The lowest BCUT2D eigenvalue weighted by atomic mass is 9.91. The van der Waals surface area contributed by atoms with E-state index in [0.29, 0.717) is 12.4 Å². The zero-order valence-electron chi connectivity index (χ0n) is 8.78. The summed E-state index contributed by atoms with van der Waals surface area (Å²) in [6, 6.07) is 0.206. The molecule has 1 rings (SSSR count). The maximum Gasteiger partial charge on any atom is 0.238 e. The molecule has 6 heteroatoms. The number of hydrogen-bond acceptors (Lipinski definition) is 3. The van der Waals surface area contributed by atoms with Crippen LogP contribution in [0.1, 0.15) is 19.3 Å². The van der Waals surface area contributed by atoms with Gasteiger partial charge in [0.15, 0.2) is 9.84 Å². The van der Waals surface area contributed by atoms with Crippen LogP contribution in [0.25, 0.3) is 0 Å². The normalized spacial score (nSPS) is 17.2. The first kappa shape index (κ1) is 12.8. The Bertz CT molecular complexity index is 324. The summed E-state index contributed by atoms with van der Waals surface area (Å²) in [5.41, 5.74) is 0. The summed E-state index contributed by atoms with van der Waals surface area (Å²) in [4.78, 5) is 13.3. The molecule has 1 amide bonds. The van der Waals surface area contributed by atoms with E-state index in [2.05, 4.69) is 0 Å². The van der Waals surface area contributed by atoms with Gasteiger partial charge in [-0.3, -0.25) is 4.79 Å². The van der Waals surface area contributed by atoms with Gasteiger partial charge >= 0.3 is 0 Å². The third-order valence-electron chi connectivity index (χ3n) is 2.55. The number of alkyl halides is 1. The van der Waals surface area contributed by atoms with Gasteiger partial charge in [0.2, 0.25) is 5.91 Å². The number of hydrogen-bond donors (Lipinski definition) is 0. The molecule has 0 aromatic heterocycles. The minimum atomic E-state index is -3.24. The van der Waals surface area contributed by atoms with Crippen LogP contribution in [0.5, 0.6) is 0 Å². The Kier molecular flexibility index (Phi) is 4.40. The van der Waals surface area contributed by atoms with Crippen molar-refractivity contribution in [3.8, 4) is 0 Å². The number of amides is 1. The fourth-order valence-corrected chi connectivity index (χ4v) is 2.40. The molecule has 0 spiro atoms. The Morgan fingerprint density at radius 2 is 2.07 bits per heavy atom. The highest BCUT2D eigenvalue weighted by Gasteiger charge is 2.29. The molecule has 1 aliphatic carbocycles. The third-order valence-corrected chi connectivity index (χ3v) is 3.49. The van der Waals surface area contributed by atoms with Gasteiger partial charge in [-0.2, -0.15) is 0 Å². The minimum absolute atomic E-state index is 0.206. The van der Waals surface area contributed by atoms with Crippen LogP contribution in [0.15, 0.2) is 0 Å². The lowest BCUT2D eigenvalue weighted by molar-refractivity contribution is -0.132. The van der Waals surface area contributed by atoms with E-state index in [9.17, 15) is 13.2 Å². The Balaban J connectivity index is 2.58. The standard InChI is InChI=1S/C9H16ClNO3S/c1-15(13,14)7-9(12)11(6-5-10)8-3-2-4-8/h8H,2-7H2,1H3. The average Bonchev–Trinajstić information content (AvgIpc) is 1.96. The van der Waals surface area contributed by atoms with Crippen molar-refractivity contribution in [3.05, 3.63) is 0 Å². The number of rotatable bonds is 5. The summed E-state index contributed by atoms with van der Waals surface area (Å²) in [5, 5.41) is 0. The SMILES string of the molecule is CS(=O)(=O)CC(=O)N(CCCl)C1CCC1. The van der Waals surface area contributed by atoms with Gasteiger partial charge in [-0.25, -0.2) is 8.42 Å². The molecular formula is C9H16ClNO3S. The Morgan fingerprint density at radius 3 is 2.40 bits per heavy atom. The third kappa shape index (κ3) is 3.99. The van der Waals surface area contributed by atoms with Gasteiger partial charge in [0.25, 0.3) is 0 Å². The highest BCUT2D eigenvalue weighted by Crippen LogP contribution is 2.24. The van der Waals surface area contributed by atoms with Crippen LogP contribution >= 0.6 is 11.6 Å². The highest BCUT2D eigenvalue weighted by molar-refractivity contribution is 7.91. The van der Waals surface area contributed by atoms with Gasteiger partial charge in [0.05, 0.1) is 0 Å². The monoisotopic (exact) mass is 253 g/mol. The van der Waals surface area contributed by atoms with Crippen molar-refractivity contribution in [2.45, 2.75) is 25.3 Å². The van der Waals surface area contributed by atoms with Gasteiger partial charge in [-0.05, 0) is 19.3 Å². The summed E-state index contributed by atoms with van der Waals surface area (Å²) >= 11 is 5.59. The average molecular weight is 254 g/mol. The second-order valence-corrected chi connectivity index (χ2v) is 6.45. The van der Waals surface area contributed by atoms with Crippen molar-refractivity contribution in [1.29, 1.82) is 0 Å². The Labute approximate surface area is 95.5 Å². The maximum atomic E-state index is 11.7. The lowest BCUT2D eigenvalue weighted by Gasteiger charge is -2.37. The number of halogens is 1. The molecule has 0 bridgehead atoms. The molecule has 0 saturated heterocycles. The molecule has 0 unspecified atom stereocenters. The van der Waals surface area contributed by atoms with Gasteiger partial charge in [0, 0.05) is 24.7 Å². The summed E-state index contributed by atoms with van der Waals surface area (Å²) in [5.74, 6) is -0.366. The van der Waals surface area contributed by atoms with Crippen molar-refractivity contribution in [1.82, 2.24) is 4.90 Å². The number of nitrogens with zero attached hydrogens (tertiary/aromatic N) is 1. The predicted octanol–water partition coefficient (Wildman–Crippen LogP) is 0.651. The fourth-order valence-electron chi connectivity index (χ4n) is 1.61. The molecule has 15 heavy (non-hydrogen) atoms. The molecular weight excluding hydrogens is 238 g/mol. The first-order chi connectivity index (χ1) is 6.94. The van der Waals surface area contributed by atoms with E-state index in [-0.39, 0.29) is 11.9 Å². The van der Waals surface area contributed by atoms with E-state index in [4.69, 9.17) is 11.6 Å². The summed E-state index contributed by atoms with van der Waals surface area (Å²) in [7, 11) is -3.24. The van der Waals surface area contributed by atoms with Crippen LogP contribution < -0.4 is 0 Å². The zero-order chi connectivity index (χ0) is 11.5. The Hall–Kier alpha value is -0.290. The number of carbonyl (C=O) groups excluding carboxylic acids is 1. The van der Waals surface area contributed by atoms with Gasteiger partial charge < -0.3 is 4.90 Å². The molecule has 1 aliphatic rings. The topological polar surface area (TPSA) is 54.5 Å². The molecule has 0 N–H and O–H groups in total. The van der Waals surface area contributed by atoms with Crippen molar-refractivity contribution in [2.24, 2.45) is 0 Å². The predicted molar refractivity (Wildman–Crippen MR) is 59.8 cm³/mol. The van der Waals surface area contributed by atoms with Gasteiger partial charge in [0.1, 0.15) is 5.75 Å². The van der Waals surface area contributed by atoms with Crippen molar-refractivity contribution < 1.29 is 13.2 Å². The van der Waals surface area contributed by atoms with E-state index in [1.807, 2.05) is 0 Å². The molecule has 0 aliphatic heterocycles. The highest BCUT2D eigenvalue weighted by atomic mass is 35.5. The Morgan fingerprint density at radius 1 is 1.47 bits per heavy atom. The molecule has 0 radical (unpaired) electrons. The van der Waals surface area contributed by atoms with Crippen molar-refractivity contribution >= 4 is 27.3 Å². The molecule has 0 aromatic carbocycles. The summed E-state index contributed by atoms with van der Waals surface area (Å²) < 4.78 is 22.0. The second-order valence-electron chi connectivity index (χ2n) is 3.93. The smallest absolute Gasteiger partial charge is 0.238 e. The number of carbonyl (C=O) groups is 1. The van der Waals surface area contributed by atoms with Crippen LogP contribution in [0.3, 0.4) is 0 Å². The quantitative estimate of drug-likeness (QED) is 0.676. The van der Waals surface area contributed by atoms with Gasteiger partial charge in [-0.1, -0.05) is 0 Å². The first-order valence-corrected chi connectivity index (χ1v) is 7.56. The van der Waals surface area contributed by atoms with E-state index in [1.54, 1.807) is 4.90 Å². The fraction of sp³-hybridized carbons (Fsp3) is 0.889. The van der Waals surface area contributed by atoms with E-state index < -0.39 is 15.6 Å². The van der Waals surface area contributed by atoms with E-state index >= 15 is 0 Å². The molecule has 1 saturated carbocycles. The van der Waals surface area contributed by atoms with Crippen LogP contribution in [0, 0.1) is 0 Å². The van der Waals surface area contributed by atoms with Crippen LogP contribution in [-0.4, -0.2) is 49.7 Å². The van der Waals surface area contributed by atoms with Crippen molar-refractivity contribution in [2.75, 3.05) is 24.4 Å². The number of sulfone groups is 1. The second kappa shape index (κ2) is 5.16. The lowest BCUT2D eigenvalue weighted by Crippen LogP contribution is -2.47. The summed E-state index contributed by atoms with van der Waals surface area (Å²) in [6.45, 7) is 0.445. The van der Waals surface area contributed by atoms with E-state index in [0.717, 1.165) is 25.5 Å². The van der Waals surface area contributed by atoms with Crippen LogP contribution in [0.2, 0.25) is 0 Å². The maximum absolute atomic E-state index is 11.7. The van der Waals surface area contributed by atoms with Gasteiger partial charge in [-0.15, -0.1) is 11.6 Å².